The quantitative estimate of drug-likeness (QED) is 0.692. The lowest BCUT2D eigenvalue weighted by atomic mass is 10.3. The molecule has 2 rings (SSSR count). The molecule has 1 amide bonds. The van der Waals surface area contributed by atoms with Gasteiger partial charge < -0.3 is 10.6 Å². The first-order chi connectivity index (χ1) is 9.15. The van der Waals surface area contributed by atoms with Crippen molar-refractivity contribution >= 4 is 5.91 Å². The molecule has 1 heterocycles. The van der Waals surface area contributed by atoms with E-state index in [-0.39, 0.29) is 5.91 Å². The molecule has 0 atom stereocenters. The number of hydrogen-bond acceptors (Lipinski definition) is 3. The van der Waals surface area contributed by atoms with Crippen molar-refractivity contribution in [1.82, 2.24) is 20.4 Å². The Hall–Kier alpha value is -1.36. The summed E-state index contributed by atoms with van der Waals surface area (Å²) in [5, 5.41) is 10.7. The minimum atomic E-state index is 0.175. The van der Waals surface area contributed by atoms with Crippen LogP contribution in [0.15, 0.2) is 6.07 Å². The van der Waals surface area contributed by atoms with Gasteiger partial charge in [0.15, 0.2) is 0 Å². The lowest BCUT2D eigenvalue weighted by molar-refractivity contribution is -0.121. The van der Waals surface area contributed by atoms with Crippen LogP contribution in [0.1, 0.15) is 37.1 Å². The van der Waals surface area contributed by atoms with Gasteiger partial charge >= 0.3 is 0 Å². The Morgan fingerprint density at radius 2 is 2.21 bits per heavy atom. The summed E-state index contributed by atoms with van der Waals surface area (Å²) in [6.45, 7) is 6.71. The number of rotatable bonds is 8. The predicted molar refractivity (Wildman–Crippen MR) is 75.0 cm³/mol. The van der Waals surface area contributed by atoms with Crippen molar-refractivity contribution in [2.75, 3.05) is 13.1 Å². The normalized spacial score (nSPS) is 14.6. The van der Waals surface area contributed by atoms with Gasteiger partial charge in [-0.05, 0) is 45.7 Å². The van der Waals surface area contributed by atoms with E-state index in [9.17, 15) is 4.79 Å². The molecule has 1 aliphatic carbocycles. The Labute approximate surface area is 114 Å². The van der Waals surface area contributed by atoms with Crippen molar-refractivity contribution in [2.24, 2.45) is 0 Å². The van der Waals surface area contributed by atoms with Gasteiger partial charge in [0, 0.05) is 31.2 Å². The fourth-order valence-corrected chi connectivity index (χ4v) is 2.11. The van der Waals surface area contributed by atoms with E-state index in [0.717, 1.165) is 44.6 Å². The van der Waals surface area contributed by atoms with E-state index in [1.54, 1.807) is 0 Å². The number of hydrogen-bond donors (Lipinski definition) is 2. The molecule has 1 aromatic rings. The molecule has 1 aliphatic rings. The van der Waals surface area contributed by atoms with Crippen LogP contribution >= 0.6 is 0 Å². The summed E-state index contributed by atoms with van der Waals surface area (Å²) in [4.78, 5) is 11.4. The standard InChI is InChI=1S/C14H24N4O/c1-11-10-12(2)18(17-11)9-3-7-15-8-6-14(19)16-13-4-5-13/h10,13,15H,3-9H2,1-2H3,(H,16,19). The highest BCUT2D eigenvalue weighted by atomic mass is 16.1. The molecule has 0 bridgehead atoms. The second-order valence-electron chi connectivity index (χ2n) is 5.35. The van der Waals surface area contributed by atoms with E-state index < -0.39 is 0 Å². The van der Waals surface area contributed by atoms with Crippen molar-refractivity contribution in [3.8, 4) is 0 Å². The molecular formula is C14H24N4O. The minimum Gasteiger partial charge on any atom is -0.353 e. The molecule has 5 heteroatoms. The Balaban J connectivity index is 1.49. The Kier molecular flexibility index (Phi) is 4.96. The molecular weight excluding hydrogens is 240 g/mol. The zero-order valence-electron chi connectivity index (χ0n) is 11.9. The van der Waals surface area contributed by atoms with Crippen molar-refractivity contribution < 1.29 is 4.79 Å². The van der Waals surface area contributed by atoms with Crippen LogP contribution < -0.4 is 10.6 Å². The van der Waals surface area contributed by atoms with Crippen LogP contribution in [0.25, 0.3) is 0 Å². The third kappa shape index (κ3) is 5.03. The SMILES string of the molecule is Cc1cc(C)n(CCCNCCC(=O)NC2CC2)n1. The van der Waals surface area contributed by atoms with E-state index in [4.69, 9.17) is 0 Å². The lowest BCUT2D eigenvalue weighted by Gasteiger charge is -2.06. The van der Waals surface area contributed by atoms with Crippen molar-refractivity contribution in [3.63, 3.8) is 0 Å². The molecule has 106 valence electrons. The number of aromatic nitrogens is 2. The summed E-state index contributed by atoms with van der Waals surface area (Å²) in [5.74, 6) is 0.175. The number of nitrogens with one attached hydrogen (secondary N) is 2. The molecule has 2 N–H and O–H groups in total. The van der Waals surface area contributed by atoms with Gasteiger partial charge in [-0.1, -0.05) is 0 Å². The number of carbonyl (C=O) groups excluding carboxylic acids is 1. The molecule has 0 unspecified atom stereocenters. The average molecular weight is 264 g/mol. The first-order valence-corrected chi connectivity index (χ1v) is 7.16. The highest BCUT2D eigenvalue weighted by Gasteiger charge is 2.22. The molecule has 1 saturated carbocycles. The average Bonchev–Trinajstić information content (AvgIpc) is 3.09. The fourth-order valence-electron chi connectivity index (χ4n) is 2.11. The Morgan fingerprint density at radius 1 is 1.42 bits per heavy atom. The van der Waals surface area contributed by atoms with Crippen molar-refractivity contribution in [1.29, 1.82) is 0 Å². The molecule has 5 nitrogen and oxygen atoms in total. The predicted octanol–water partition coefficient (Wildman–Crippen LogP) is 1.15. The highest BCUT2D eigenvalue weighted by molar-refractivity contribution is 5.76. The number of amides is 1. The van der Waals surface area contributed by atoms with Crippen molar-refractivity contribution in [3.05, 3.63) is 17.5 Å². The topological polar surface area (TPSA) is 59.0 Å². The van der Waals surface area contributed by atoms with Gasteiger partial charge in [0.2, 0.25) is 5.91 Å². The molecule has 19 heavy (non-hydrogen) atoms. The first-order valence-electron chi connectivity index (χ1n) is 7.16. The maximum absolute atomic E-state index is 11.4. The van der Waals surface area contributed by atoms with Crippen molar-refractivity contribution in [2.45, 2.75) is 52.1 Å². The van der Waals surface area contributed by atoms with E-state index >= 15 is 0 Å². The molecule has 1 aromatic heterocycles. The van der Waals surface area contributed by atoms with E-state index in [2.05, 4.69) is 28.7 Å². The van der Waals surface area contributed by atoms with Gasteiger partial charge in [0.1, 0.15) is 0 Å². The molecule has 1 fully saturated rings. The maximum Gasteiger partial charge on any atom is 0.221 e. The van der Waals surface area contributed by atoms with Crippen LogP contribution in [-0.4, -0.2) is 34.8 Å². The second kappa shape index (κ2) is 6.70. The summed E-state index contributed by atoms with van der Waals surface area (Å²) in [6, 6.07) is 2.56. The number of carbonyl (C=O) groups is 1. The third-order valence-corrected chi connectivity index (χ3v) is 3.30. The largest absolute Gasteiger partial charge is 0.353 e. The summed E-state index contributed by atoms with van der Waals surface area (Å²) in [6.07, 6.45) is 3.92. The molecule has 0 aliphatic heterocycles. The van der Waals surface area contributed by atoms with E-state index in [1.807, 2.05) is 11.6 Å². The van der Waals surface area contributed by atoms with Gasteiger partial charge in [-0.3, -0.25) is 9.48 Å². The number of aryl methyl sites for hydroxylation is 3. The molecule has 0 saturated heterocycles. The smallest absolute Gasteiger partial charge is 0.221 e. The summed E-state index contributed by atoms with van der Waals surface area (Å²) in [7, 11) is 0. The van der Waals surface area contributed by atoms with Gasteiger partial charge in [0.05, 0.1) is 5.69 Å². The van der Waals surface area contributed by atoms with E-state index in [0.29, 0.717) is 12.5 Å². The fraction of sp³-hybridized carbons (Fsp3) is 0.714. The minimum absolute atomic E-state index is 0.175. The number of nitrogens with zero attached hydrogens (tertiary/aromatic N) is 2. The lowest BCUT2D eigenvalue weighted by Crippen LogP contribution is -2.29. The molecule has 0 spiro atoms. The zero-order chi connectivity index (χ0) is 13.7. The van der Waals surface area contributed by atoms with Crippen LogP contribution in [0.4, 0.5) is 0 Å². The summed E-state index contributed by atoms with van der Waals surface area (Å²) in [5.41, 5.74) is 2.28. The Morgan fingerprint density at radius 3 is 2.84 bits per heavy atom. The van der Waals surface area contributed by atoms with Gasteiger partial charge in [0.25, 0.3) is 0 Å². The van der Waals surface area contributed by atoms with Crippen LogP contribution in [-0.2, 0) is 11.3 Å². The van der Waals surface area contributed by atoms with Crippen LogP contribution in [0.3, 0.4) is 0 Å². The van der Waals surface area contributed by atoms with Gasteiger partial charge in [-0.2, -0.15) is 5.10 Å². The van der Waals surface area contributed by atoms with Crippen LogP contribution in [0.5, 0.6) is 0 Å². The highest BCUT2D eigenvalue weighted by Crippen LogP contribution is 2.18. The zero-order valence-corrected chi connectivity index (χ0v) is 11.9. The second-order valence-corrected chi connectivity index (χ2v) is 5.35. The van der Waals surface area contributed by atoms with Gasteiger partial charge in [-0.25, -0.2) is 0 Å². The third-order valence-electron chi connectivity index (χ3n) is 3.30. The van der Waals surface area contributed by atoms with Gasteiger partial charge in [-0.15, -0.1) is 0 Å². The first kappa shape index (κ1) is 14.1. The monoisotopic (exact) mass is 264 g/mol. The maximum atomic E-state index is 11.4. The summed E-state index contributed by atoms with van der Waals surface area (Å²) < 4.78 is 2.04. The molecule has 0 radical (unpaired) electrons. The summed E-state index contributed by atoms with van der Waals surface area (Å²) >= 11 is 0. The van der Waals surface area contributed by atoms with Crippen LogP contribution in [0.2, 0.25) is 0 Å². The Bertz CT molecular complexity index is 423. The van der Waals surface area contributed by atoms with Crippen LogP contribution in [0, 0.1) is 13.8 Å². The van der Waals surface area contributed by atoms with E-state index in [1.165, 1.54) is 5.69 Å². The molecule has 0 aromatic carbocycles.